The lowest BCUT2D eigenvalue weighted by Gasteiger charge is -2.11. The molecule has 0 aliphatic heterocycles. The zero-order valence-corrected chi connectivity index (χ0v) is 18.9. The largest absolute Gasteiger partial charge is 0.451 e. The number of nitrogens with one attached hydrogen (secondary N) is 1. The molecule has 0 saturated carbocycles. The van der Waals surface area contributed by atoms with E-state index in [4.69, 9.17) is 4.74 Å². The van der Waals surface area contributed by atoms with Crippen molar-refractivity contribution < 1.29 is 14.3 Å². The number of amides is 1. The topological polar surface area (TPSA) is 90.3 Å². The van der Waals surface area contributed by atoms with Crippen LogP contribution >= 0.6 is 0 Å². The van der Waals surface area contributed by atoms with Crippen LogP contribution in [-0.4, -0.2) is 34.8 Å². The van der Waals surface area contributed by atoms with Gasteiger partial charge in [0, 0.05) is 11.9 Å². The minimum atomic E-state index is -0.757. The second-order valence-electron chi connectivity index (χ2n) is 7.95. The van der Waals surface area contributed by atoms with E-state index in [1.807, 2.05) is 61.5 Å². The first-order valence-electron chi connectivity index (χ1n) is 11.0. The van der Waals surface area contributed by atoms with Gasteiger partial charge in [0.2, 0.25) is 0 Å². The molecule has 3 aromatic carbocycles. The van der Waals surface area contributed by atoms with E-state index in [2.05, 4.69) is 10.4 Å². The molecule has 0 aliphatic carbocycles. The average Bonchev–Trinajstić information content (AvgIpc) is 2.86. The van der Waals surface area contributed by atoms with Gasteiger partial charge in [0.05, 0.1) is 11.9 Å². The van der Waals surface area contributed by atoms with E-state index in [-0.39, 0.29) is 17.8 Å². The Morgan fingerprint density at radius 3 is 2.35 bits per heavy atom. The Balaban J connectivity index is 1.45. The predicted octanol–water partition coefficient (Wildman–Crippen LogP) is 3.27. The maximum Gasteiger partial charge on any atom is 0.359 e. The number of hydrogen-bond donors (Lipinski definition) is 1. The van der Waals surface area contributed by atoms with E-state index in [9.17, 15) is 14.4 Å². The van der Waals surface area contributed by atoms with Crippen molar-refractivity contribution in [3.05, 3.63) is 112 Å². The fraction of sp³-hybridized carbons (Fsp3) is 0.185. The Hall–Kier alpha value is -4.26. The third kappa shape index (κ3) is 5.38. The molecule has 0 spiro atoms. The summed E-state index contributed by atoms with van der Waals surface area (Å²) in [4.78, 5) is 38.0. The number of esters is 1. The molecule has 7 nitrogen and oxygen atoms in total. The van der Waals surface area contributed by atoms with Gasteiger partial charge in [-0.2, -0.15) is 5.10 Å². The van der Waals surface area contributed by atoms with Gasteiger partial charge < -0.3 is 10.1 Å². The van der Waals surface area contributed by atoms with Crippen LogP contribution in [0.2, 0.25) is 0 Å². The van der Waals surface area contributed by atoms with Crippen LogP contribution in [0.15, 0.2) is 83.7 Å². The highest BCUT2D eigenvalue weighted by Crippen LogP contribution is 2.15. The highest BCUT2D eigenvalue weighted by molar-refractivity contribution is 6.02. The summed E-state index contributed by atoms with van der Waals surface area (Å²) in [7, 11) is 0. The van der Waals surface area contributed by atoms with Gasteiger partial charge in [-0.1, -0.05) is 72.8 Å². The summed E-state index contributed by atoms with van der Waals surface area (Å²) in [6, 6.07) is 24.1. The van der Waals surface area contributed by atoms with E-state index in [0.29, 0.717) is 23.7 Å². The Morgan fingerprint density at radius 1 is 0.912 bits per heavy atom. The molecule has 1 N–H and O–H groups in total. The summed E-state index contributed by atoms with van der Waals surface area (Å²) >= 11 is 0. The molecule has 0 bridgehead atoms. The zero-order chi connectivity index (χ0) is 23.9. The Kier molecular flexibility index (Phi) is 7.13. The lowest BCUT2D eigenvalue weighted by molar-refractivity contribution is -0.124. The van der Waals surface area contributed by atoms with E-state index in [0.717, 1.165) is 16.7 Å². The van der Waals surface area contributed by atoms with Gasteiger partial charge in [-0.25, -0.2) is 9.48 Å². The summed E-state index contributed by atoms with van der Waals surface area (Å²) in [6.45, 7) is 2.24. The first-order chi connectivity index (χ1) is 16.5. The normalized spacial score (nSPS) is 10.7. The van der Waals surface area contributed by atoms with E-state index < -0.39 is 18.5 Å². The minimum absolute atomic E-state index is 0.00107. The molecule has 172 valence electrons. The van der Waals surface area contributed by atoms with Crippen LogP contribution in [0, 0.1) is 6.92 Å². The minimum Gasteiger partial charge on any atom is -0.451 e. The Bertz CT molecular complexity index is 1380. The molecule has 7 heteroatoms. The van der Waals surface area contributed by atoms with Crippen LogP contribution in [-0.2, 0) is 22.5 Å². The fourth-order valence-electron chi connectivity index (χ4n) is 3.73. The van der Waals surface area contributed by atoms with Crippen molar-refractivity contribution in [2.24, 2.45) is 0 Å². The number of aromatic nitrogens is 2. The van der Waals surface area contributed by atoms with Crippen molar-refractivity contribution >= 4 is 22.6 Å². The first kappa shape index (κ1) is 22.9. The number of carbonyl (C=O) groups excluding carboxylic acids is 2. The van der Waals surface area contributed by atoms with Gasteiger partial charge in [0.1, 0.15) is 0 Å². The zero-order valence-electron chi connectivity index (χ0n) is 18.9. The van der Waals surface area contributed by atoms with Crippen molar-refractivity contribution in [2.75, 3.05) is 13.2 Å². The van der Waals surface area contributed by atoms with Crippen LogP contribution in [0.1, 0.15) is 27.2 Å². The molecule has 4 rings (SSSR count). The molecule has 1 heterocycles. The number of hydrogen-bond acceptors (Lipinski definition) is 5. The Morgan fingerprint density at radius 2 is 1.59 bits per heavy atom. The fourth-order valence-corrected chi connectivity index (χ4v) is 3.73. The second-order valence-corrected chi connectivity index (χ2v) is 7.95. The first-order valence-corrected chi connectivity index (χ1v) is 11.0. The highest BCUT2D eigenvalue weighted by atomic mass is 16.5. The van der Waals surface area contributed by atoms with Crippen molar-refractivity contribution in [3.63, 3.8) is 0 Å². The number of rotatable bonds is 8. The summed E-state index contributed by atoms with van der Waals surface area (Å²) in [5.74, 6) is -1.16. The SMILES string of the molecule is Cc1ccccc1CCNC(=O)COC(=O)c1nn(Cc2ccccc2)c(=O)c2ccccc12. The van der Waals surface area contributed by atoms with Crippen LogP contribution in [0.25, 0.3) is 10.8 Å². The molecule has 4 aromatic rings. The lowest BCUT2D eigenvalue weighted by Crippen LogP contribution is -2.31. The predicted molar refractivity (Wildman–Crippen MR) is 130 cm³/mol. The number of fused-ring (bicyclic) bond motifs is 1. The maximum atomic E-state index is 12.9. The summed E-state index contributed by atoms with van der Waals surface area (Å²) in [5.41, 5.74) is 2.88. The number of benzene rings is 3. The molecular formula is C27H25N3O4. The Labute approximate surface area is 197 Å². The molecule has 1 amide bonds. The van der Waals surface area contributed by atoms with Gasteiger partial charge in [-0.05, 0) is 36.1 Å². The van der Waals surface area contributed by atoms with Crippen LogP contribution in [0.5, 0.6) is 0 Å². The molecule has 1 aromatic heterocycles. The standard InChI is InChI=1S/C27H25N3O4/c1-19-9-5-6-12-21(19)15-16-28-24(31)18-34-27(33)25-22-13-7-8-14-23(22)26(32)30(29-25)17-20-10-3-2-4-11-20/h2-14H,15-18H2,1H3,(H,28,31). The van der Waals surface area contributed by atoms with Gasteiger partial charge in [0.25, 0.3) is 11.5 Å². The summed E-state index contributed by atoms with van der Waals surface area (Å²) in [5, 5.41) is 7.80. The number of ether oxygens (including phenoxy) is 1. The third-order valence-corrected chi connectivity index (χ3v) is 5.55. The van der Waals surface area contributed by atoms with Crippen molar-refractivity contribution in [2.45, 2.75) is 19.9 Å². The third-order valence-electron chi connectivity index (χ3n) is 5.55. The van der Waals surface area contributed by atoms with Crippen molar-refractivity contribution in [1.29, 1.82) is 0 Å². The van der Waals surface area contributed by atoms with Gasteiger partial charge in [-0.3, -0.25) is 9.59 Å². The lowest BCUT2D eigenvalue weighted by atomic mass is 10.1. The molecule has 0 aliphatic rings. The smallest absolute Gasteiger partial charge is 0.359 e. The second kappa shape index (κ2) is 10.6. The molecule has 0 radical (unpaired) electrons. The summed E-state index contributed by atoms with van der Waals surface area (Å²) < 4.78 is 6.49. The maximum absolute atomic E-state index is 12.9. The molecular weight excluding hydrogens is 430 g/mol. The van der Waals surface area contributed by atoms with E-state index in [1.54, 1.807) is 24.3 Å². The molecule has 0 saturated heterocycles. The van der Waals surface area contributed by atoms with E-state index >= 15 is 0 Å². The monoisotopic (exact) mass is 455 g/mol. The van der Waals surface area contributed by atoms with Crippen molar-refractivity contribution in [3.8, 4) is 0 Å². The van der Waals surface area contributed by atoms with Crippen molar-refractivity contribution in [1.82, 2.24) is 15.1 Å². The number of carbonyl (C=O) groups is 2. The van der Waals surface area contributed by atoms with Gasteiger partial charge in [-0.15, -0.1) is 0 Å². The molecule has 34 heavy (non-hydrogen) atoms. The quantitative estimate of drug-likeness (QED) is 0.412. The van der Waals surface area contributed by atoms with Gasteiger partial charge >= 0.3 is 5.97 Å². The average molecular weight is 456 g/mol. The molecule has 0 fully saturated rings. The van der Waals surface area contributed by atoms with Crippen LogP contribution in [0.3, 0.4) is 0 Å². The van der Waals surface area contributed by atoms with Crippen LogP contribution < -0.4 is 10.9 Å². The number of nitrogens with zero attached hydrogens (tertiary/aromatic N) is 2. The summed E-state index contributed by atoms with van der Waals surface area (Å²) in [6.07, 6.45) is 0.684. The number of aryl methyl sites for hydroxylation is 1. The highest BCUT2D eigenvalue weighted by Gasteiger charge is 2.19. The van der Waals surface area contributed by atoms with Crippen LogP contribution in [0.4, 0.5) is 0 Å². The molecule has 0 unspecified atom stereocenters. The molecule has 0 atom stereocenters. The van der Waals surface area contributed by atoms with E-state index in [1.165, 1.54) is 4.68 Å². The van der Waals surface area contributed by atoms with Gasteiger partial charge in [0.15, 0.2) is 12.3 Å².